The minimum atomic E-state index is -1.05. The number of likely N-dealkylation sites (tertiary alicyclic amines) is 1. The van der Waals surface area contributed by atoms with Crippen LogP contribution in [0.1, 0.15) is 36.9 Å². The molecular formula is C26H29F2N3O3. The number of halogens is 2. The van der Waals surface area contributed by atoms with E-state index < -0.39 is 29.7 Å². The van der Waals surface area contributed by atoms with Crippen LogP contribution in [0.25, 0.3) is 0 Å². The molecule has 2 amide bonds. The Morgan fingerprint density at radius 2 is 1.82 bits per heavy atom. The molecule has 1 atom stereocenters. The first-order valence-electron chi connectivity index (χ1n) is 11.6. The number of hydrogen-bond acceptors (Lipinski definition) is 4. The van der Waals surface area contributed by atoms with E-state index in [0.29, 0.717) is 18.2 Å². The number of hydrogen-bond donors (Lipinski definition) is 2. The summed E-state index contributed by atoms with van der Waals surface area (Å²) < 4.78 is 32.7. The third-order valence-corrected chi connectivity index (χ3v) is 6.38. The number of esters is 1. The summed E-state index contributed by atoms with van der Waals surface area (Å²) in [6, 6.07) is 12.3. The van der Waals surface area contributed by atoms with Crippen LogP contribution in [-0.2, 0) is 16.0 Å². The first-order chi connectivity index (χ1) is 16.4. The summed E-state index contributed by atoms with van der Waals surface area (Å²) in [5.74, 6) is -2.06. The lowest BCUT2D eigenvalue weighted by Crippen LogP contribution is -2.49. The predicted molar refractivity (Wildman–Crippen MR) is 124 cm³/mol. The number of benzene rings is 2. The zero-order valence-electron chi connectivity index (χ0n) is 19.2. The summed E-state index contributed by atoms with van der Waals surface area (Å²) in [5, 5.41) is 5.40. The normalized spacial score (nSPS) is 19.5. The summed E-state index contributed by atoms with van der Waals surface area (Å²) in [4.78, 5) is 27.5. The Hall–Kier alpha value is -3.26. The number of urea groups is 1. The number of nitrogens with zero attached hydrogens (tertiary/aromatic N) is 1. The highest BCUT2D eigenvalue weighted by molar-refractivity contribution is 5.95. The molecule has 2 aromatic rings. The molecule has 0 spiro atoms. The van der Waals surface area contributed by atoms with E-state index in [2.05, 4.69) is 39.8 Å². The van der Waals surface area contributed by atoms with Crippen molar-refractivity contribution >= 4 is 12.0 Å². The average Bonchev–Trinajstić information content (AvgIpc) is 2.82. The largest absolute Gasteiger partial charge is 0.463 e. The van der Waals surface area contributed by atoms with E-state index in [9.17, 15) is 18.4 Å². The number of rotatable bonds is 7. The van der Waals surface area contributed by atoms with E-state index in [0.717, 1.165) is 44.5 Å². The summed E-state index contributed by atoms with van der Waals surface area (Å²) in [6.45, 7) is 3.86. The van der Waals surface area contributed by atoms with Crippen LogP contribution in [-0.4, -0.2) is 43.1 Å². The van der Waals surface area contributed by atoms with Crippen molar-refractivity contribution in [3.8, 4) is 0 Å². The third kappa shape index (κ3) is 5.62. The zero-order valence-corrected chi connectivity index (χ0v) is 19.2. The van der Waals surface area contributed by atoms with E-state index in [1.807, 2.05) is 6.07 Å². The van der Waals surface area contributed by atoms with Crippen LogP contribution in [0.4, 0.5) is 13.6 Å². The Morgan fingerprint density at radius 1 is 1.09 bits per heavy atom. The Morgan fingerprint density at radius 3 is 2.50 bits per heavy atom. The molecule has 1 fully saturated rings. The molecule has 180 valence electrons. The lowest BCUT2D eigenvalue weighted by atomic mass is 9.89. The van der Waals surface area contributed by atoms with Gasteiger partial charge >= 0.3 is 12.0 Å². The van der Waals surface area contributed by atoms with Crippen molar-refractivity contribution in [1.82, 2.24) is 15.5 Å². The van der Waals surface area contributed by atoms with Gasteiger partial charge in [-0.25, -0.2) is 18.4 Å². The molecule has 0 bridgehead atoms. The smallest absolute Gasteiger partial charge is 0.338 e. The number of piperidine rings is 1. The van der Waals surface area contributed by atoms with Crippen molar-refractivity contribution in [2.75, 3.05) is 26.2 Å². The quantitative estimate of drug-likeness (QED) is 0.600. The van der Waals surface area contributed by atoms with Crippen molar-refractivity contribution < 1.29 is 23.1 Å². The van der Waals surface area contributed by atoms with Gasteiger partial charge in [-0.05, 0) is 68.5 Å². The molecule has 6 nitrogen and oxygen atoms in total. The number of amides is 2. The predicted octanol–water partition coefficient (Wildman–Crippen LogP) is 4.09. The first-order valence-corrected chi connectivity index (χ1v) is 11.6. The van der Waals surface area contributed by atoms with E-state index in [-0.39, 0.29) is 17.7 Å². The summed E-state index contributed by atoms with van der Waals surface area (Å²) >= 11 is 0. The molecule has 2 aliphatic heterocycles. The van der Waals surface area contributed by atoms with Crippen LogP contribution in [0.5, 0.6) is 0 Å². The van der Waals surface area contributed by atoms with Gasteiger partial charge < -0.3 is 15.4 Å². The van der Waals surface area contributed by atoms with Gasteiger partial charge in [-0.3, -0.25) is 4.90 Å². The monoisotopic (exact) mass is 469 g/mol. The fourth-order valence-corrected chi connectivity index (χ4v) is 4.65. The molecule has 1 saturated heterocycles. The molecule has 0 unspecified atom stereocenters. The standard InChI is InChI=1S/C26H29F2N3O3/c1-2-34-25(32)23-22(29-26(33)30-24(23)19-8-9-20(27)21(28)15-19)16-31-12-10-18(11-13-31)14-17-6-4-3-5-7-17/h3-9,15,18,24H,2,10-14,16H2,1H3,(H2,29,30,33)/t24-/m1/s1. The number of carbonyl (C=O) groups is 2. The maximum atomic E-state index is 13.9. The van der Waals surface area contributed by atoms with Crippen molar-refractivity contribution in [2.45, 2.75) is 32.2 Å². The topological polar surface area (TPSA) is 70.7 Å². The van der Waals surface area contributed by atoms with Gasteiger partial charge in [0, 0.05) is 12.2 Å². The number of carbonyl (C=O) groups excluding carboxylic acids is 2. The van der Waals surface area contributed by atoms with Gasteiger partial charge in [-0.1, -0.05) is 36.4 Å². The number of nitrogens with one attached hydrogen (secondary N) is 2. The molecule has 2 aliphatic rings. The second-order valence-corrected chi connectivity index (χ2v) is 8.73. The van der Waals surface area contributed by atoms with Crippen molar-refractivity contribution in [1.29, 1.82) is 0 Å². The SMILES string of the molecule is CCOC(=O)C1=C(CN2CCC(Cc3ccccc3)CC2)NC(=O)N[C@@H]1c1ccc(F)c(F)c1. The Labute approximate surface area is 198 Å². The lowest BCUT2D eigenvalue weighted by Gasteiger charge is -2.35. The summed E-state index contributed by atoms with van der Waals surface area (Å²) in [6.07, 6.45) is 3.05. The zero-order chi connectivity index (χ0) is 24.1. The van der Waals surface area contributed by atoms with Crippen LogP contribution in [0.15, 0.2) is 59.8 Å². The number of ether oxygens (including phenoxy) is 1. The van der Waals surface area contributed by atoms with Crippen LogP contribution in [0.3, 0.4) is 0 Å². The minimum absolute atomic E-state index is 0.152. The fraction of sp³-hybridized carbons (Fsp3) is 0.385. The summed E-state index contributed by atoms with van der Waals surface area (Å²) in [7, 11) is 0. The van der Waals surface area contributed by atoms with Crippen molar-refractivity contribution in [3.63, 3.8) is 0 Å². The van der Waals surface area contributed by atoms with Gasteiger partial charge in [0.1, 0.15) is 0 Å². The van der Waals surface area contributed by atoms with E-state index >= 15 is 0 Å². The van der Waals surface area contributed by atoms with Crippen molar-refractivity contribution in [3.05, 3.63) is 82.6 Å². The van der Waals surface area contributed by atoms with Crippen LogP contribution >= 0.6 is 0 Å². The highest BCUT2D eigenvalue weighted by Crippen LogP contribution is 2.30. The summed E-state index contributed by atoms with van der Waals surface area (Å²) in [5.41, 5.74) is 2.24. The van der Waals surface area contributed by atoms with Crippen LogP contribution in [0, 0.1) is 17.6 Å². The Kier molecular flexibility index (Phi) is 7.57. The highest BCUT2D eigenvalue weighted by atomic mass is 19.2. The van der Waals surface area contributed by atoms with Crippen LogP contribution in [0.2, 0.25) is 0 Å². The molecule has 0 aliphatic carbocycles. The average molecular weight is 470 g/mol. The molecule has 2 heterocycles. The third-order valence-electron chi connectivity index (χ3n) is 6.38. The molecule has 0 saturated carbocycles. The highest BCUT2D eigenvalue weighted by Gasteiger charge is 2.35. The Bertz CT molecular complexity index is 1070. The molecule has 8 heteroatoms. The first kappa shape index (κ1) is 23.9. The second-order valence-electron chi connectivity index (χ2n) is 8.73. The van der Waals surface area contributed by atoms with Gasteiger partial charge in [0.25, 0.3) is 0 Å². The molecule has 34 heavy (non-hydrogen) atoms. The second kappa shape index (κ2) is 10.8. The van der Waals surface area contributed by atoms with Gasteiger partial charge in [0.15, 0.2) is 11.6 Å². The lowest BCUT2D eigenvalue weighted by molar-refractivity contribution is -0.139. The molecule has 0 aromatic heterocycles. The Balaban J connectivity index is 1.53. The van der Waals surface area contributed by atoms with E-state index in [1.165, 1.54) is 11.6 Å². The maximum Gasteiger partial charge on any atom is 0.338 e. The van der Waals surface area contributed by atoms with Crippen LogP contribution < -0.4 is 10.6 Å². The fourth-order valence-electron chi connectivity index (χ4n) is 4.65. The van der Waals surface area contributed by atoms with Crippen molar-refractivity contribution in [2.24, 2.45) is 5.92 Å². The van der Waals surface area contributed by atoms with Gasteiger partial charge in [0.05, 0.1) is 18.2 Å². The molecular weight excluding hydrogens is 440 g/mol. The van der Waals surface area contributed by atoms with Gasteiger partial charge in [-0.2, -0.15) is 0 Å². The molecule has 4 rings (SSSR count). The molecule has 0 radical (unpaired) electrons. The molecule has 2 aromatic carbocycles. The van der Waals surface area contributed by atoms with Gasteiger partial charge in [0.2, 0.25) is 0 Å². The van der Waals surface area contributed by atoms with E-state index in [1.54, 1.807) is 6.92 Å². The van der Waals surface area contributed by atoms with Gasteiger partial charge in [-0.15, -0.1) is 0 Å². The maximum absolute atomic E-state index is 13.9. The van der Waals surface area contributed by atoms with E-state index in [4.69, 9.17) is 4.74 Å². The minimum Gasteiger partial charge on any atom is -0.463 e. The molecule has 2 N–H and O–H groups in total.